The minimum absolute atomic E-state index is 0.129. The van der Waals surface area contributed by atoms with Crippen LogP contribution in [0.25, 0.3) is 11.0 Å². The van der Waals surface area contributed by atoms with Crippen molar-refractivity contribution in [2.75, 3.05) is 19.4 Å². The first-order valence-corrected chi connectivity index (χ1v) is 9.84. The van der Waals surface area contributed by atoms with Crippen LogP contribution in [-0.4, -0.2) is 47.7 Å². The lowest BCUT2D eigenvalue weighted by atomic mass is 10.2. The molecule has 142 valence electrons. The van der Waals surface area contributed by atoms with Crippen LogP contribution in [0.1, 0.15) is 12.0 Å². The maximum Gasteiger partial charge on any atom is 0.242 e. The molecule has 0 fully saturated rings. The fourth-order valence-electron chi connectivity index (χ4n) is 2.64. The molecule has 3 aromatic rings. The topological polar surface area (TPSA) is 97.2 Å². The van der Waals surface area contributed by atoms with E-state index in [2.05, 4.69) is 15.6 Å². The van der Waals surface area contributed by atoms with Gasteiger partial charge in [-0.2, -0.15) is 0 Å². The number of aromatic nitrogens is 3. The number of aryl methyl sites for hydroxylation is 2. The first-order valence-electron chi connectivity index (χ1n) is 8.39. The van der Waals surface area contributed by atoms with E-state index in [1.54, 1.807) is 10.7 Å². The van der Waals surface area contributed by atoms with E-state index in [0.29, 0.717) is 17.6 Å². The SMILES string of the molecule is Cc1cccc(NC(=O)CCn2nnc3cc(S(=O)(=O)N(C)C)ccc32)c1. The van der Waals surface area contributed by atoms with Gasteiger partial charge in [0.15, 0.2) is 0 Å². The van der Waals surface area contributed by atoms with Gasteiger partial charge in [0.2, 0.25) is 15.9 Å². The average Bonchev–Trinajstić information content (AvgIpc) is 3.02. The van der Waals surface area contributed by atoms with Gasteiger partial charge in [-0.05, 0) is 42.8 Å². The van der Waals surface area contributed by atoms with Gasteiger partial charge in [-0.1, -0.05) is 17.3 Å². The zero-order valence-corrected chi connectivity index (χ0v) is 16.2. The van der Waals surface area contributed by atoms with Crippen molar-refractivity contribution < 1.29 is 13.2 Å². The fourth-order valence-corrected chi connectivity index (χ4v) is 3.56. The number of amides is 1. The Kier molecular flexibility index (Phi) is 5.24. The molecule has 0 aliphatic rings. The van der Waals surface area contributed by atoms with E-state index in [1.165, 1.54) is 26.2 Å². The molecule has 1 aromatic heterocycles. The number of fused-ring (bicyclic) bond motifs is 1. The van der Waals surface area contributed by atoms with Crippen LogP contribution in [0.15, 0.2) is 47.4 Å². The molecule has 27 heavy (non-hydrogen) atoms. The number of nitrogens with one attached hydrogen (secondary N) is 1. The number of rotatable bonds is 6. The minimum Gasteiger partial charge on any atom is -0.326 e. The molecule has 2 aromatic carbocycles. The maximum atomic E-state index is 12.2. The normalized spacial score (nSPS) is 11.9. The summed E-state index contributed by atoms with van der Waals surface area (Å²) in [6.07, 6.45) is 0.226. The highest BCUT2D eigenvalue weighted by atomic mass is 32.2. The molecule has 0 saturated carbocycles. The Morgan fingerprint density at radius 1 is 1.19 bits per heavy atom. The highest BCUT2D eigenvalue weighted by Gasteiger charge is 2.18. The second-order valence-corrected chi connectivity index (χ2v) is 8.57. The molecule has 8 nitrogen and oxygen atoms in total. The Balaban J connectivity index is 1.72. The first-order chi connectivity index (χ1) is 12.8. The molecule has 0 radical (unpaired) electrons. The van der Waals surface area contributed by atoms with Crippen molar-refractivity contribution in [1.29, 1.82) is 0 Å². The summed E-state index contributed by atoms with van der Waals surface area (Å²) >= 11 is 0. The summed E-state index contributed by atoms with van der Waals surface area (Å²) in [5.74, 6) is -0.129. The van der Waals surface area contributed by atoms with E-state index in [1.807, 2.05) is 31.2 Å². The number of hydrogen-bond acceptors (Lipinski definition) is 5. The molecule has 0 spiro atoms. The lowest BCUT2D eigenvalue weighted by Crippen LogP contribution is -2.22. The second-order valence-electron chi connectivity index (χ2n) is 6.42. The van der Waals surface area contributed by atoms with Crippen LogP contribution in [0.2, 0.25) is 0 Å². The van der Waals surface area contributed by atoms with E-state index >= 15 is 0 Å². The minimum atomic E-state index is -3.53. The Morgan fingerprint density at radius 3 is 2.67 bits per heavy atom. The zero-order chi connectivity index (χ0) is 19.6. The summed E-state index contributed by atoms with van der Waals surface area (Å²) < 4.78 is 27.2. The van der Waals surface area contributed by atoms with E-state index in [4.69, 9.17) is 0 Å². The third kappa shape index (κ3) is 4.15. The van der Waals surface area contributed by atoms with Crippen molar-refractivity contribution in [1.82, 2.24) is 19.3 Å². The smallest absolute Gasteiger partial charge is 0.242 e. The Morgan fingerprint density at radius 2 is 1.96 bits per heavy atom. The van der Waals surface area contributed by atoms with Crippen molar-refractivity contribution in [3.8, 4) is 0 Å². The highest BCUT2D eigenvalue weighted by Crippen LogP contribution is 2.19. The molecular weight excluding hydrogens is 366 g/mol. The molecule has 3 rings (SSSR count). The van der Waals surface area contributed by atoms with Gasteiger partial charge in [-0.3, -0.25) is 4.79 Å². The van der Waals surface area contributed by atoms with Crippen molar-refractivity contribution in [3.63, 3.8) is 0 Å². The number of hydrogen-bond donors (Lipinski definition) is 1. The van der Waals surface area contributed by atoms with Gasteiger partial charge in [0.1, 0.15) is 5.52 Å². The molecule has 0 atom stereocenters. The van der Waals surface area contributed by atoms with Crippen LogP contribution < -0.4 is 5.32 Å². The summed E-state index contributed by atoms with van der Waals surface area (Å²) in [6, 6.07) is 12.2. The summed E-state index contributed by atoms with van der Waals surface area (Å²) in [5, 5.41) is 10.9. The van der Waals surface area contributed by atoms with E-state index in [-0.39, 0.29) is 17.2 Å². The van der Waals surface area contributed by atoms with Crippen molar-refractivity contribution in [3.05, 3.63) is 48.0 Å². The monoisotopic (exact) mass is 387 g/mol. The number of anilines is 1. The highest BCUT2D eigenvalue weighted by molar-refractivity contribution is 7.89. The predicted molar refractivity (Wildman–Crippen MR) is 103 cm³/mol. The molecule has 1 N–H and O–H groups in total. The summed E-state index contributed by atoms with van der Waals surface area (Å²) in [7, 11) is -0.580. The molecule has 0 aliphatic carbocycles. The Labute approximate surface area is 157 Å². The lowest BCUT2D eigenvalue weighted by molar-refractivity contribution is -0.116. The molecule has 1 amide bonds. The largest absolute Gasteiger partial charge is 0.326 e. The molecule has 9 heteroatoms. The quantitative estimate of drug-likeness (QED) is 0.698. The van der Waals surface area contributed by atoms with Crippen LogP contribution in [0.4, 0.5) is 5.69 Å². The molecular formula is C18H21N5O3S. The van der Waals surface area contributed by atoms with Gasteiger partial charge in [-0.25, -0.2) is 17.4 Å². The Bertz CT molecular complexity index is 1090. The van der Waals surface area contributed by atoms with E-state index in [0.717, 1.165) is 15.6 Å². The fraction of sp³-hybridized carbons (Fsp3) is 0.278. The molecule has 0 saturated heterocycles. The lowest BCUT2D eigenvalue weighted by Gasteiger charge is -2.11. The second kappa shape index (κ2) is 7.45. The van der Waals surface area contributed by atoms with Crippen molar-refractivity contribution >= 4 is 32.7 Å². The van der Waals surface area contributed by atoms with Crippen LogP contribution in [0, 0.1) is 6.92 Å². The number of carbonyl (C=O) groups is 1. The van der Waals surface area contributed by atoms with Gasteiger partial charge in [-0.15, -0.1) is 5.10 Å². The van der Waals surface area contributed by atoms with E-state index < -0.39 is 10.0 Å². The van der Waals surface area contributed by atoms with Crippen molar-refractivity contribution in [2.24, 2.45) is 0 Å². The summed E-state index contributed by atoms with van der Waals surface area (Å²) in [5.41, 5.74) is 2.97. The van der Waals surface area contributed by atoms with Gasteiger partial charge in [0, 0.05) is 26.2 Å². The molecule has 0 aliphatic heterocycles. The average molecular weight is 387 g/mol. The molecule has 0 bridgehead atoms. The number of benzene rings is 2. The molecule has 0 unspecified atom stereocenters. The van der Waals surface area contributed by atoms with Gasteiger partial charge in [0.05, 0.1) is 17.0 Å². The van der Waals surface area contributed by atoms with Crippen LogP contribution in [-0.2, 0) is 21.4 Å². The first kappa shape index (κ1) is 19.0. The number of carbonyl (C=O) groups excluding carboxylic acids is 1. The third-order valence-corrected chi connectivity index (χ3v) is 5.93. The van der Waals surface area contributed by atoms with Crippen molar-refractivity contribution in [2.45, 2.75) is 24.8 Å². The van der Waals surface area contributed by atoms with Gasteiger partial charge in [0.25, 0.3) is 0 Å². The van der Waals surface area contributed by atoms with Gasteiger partial charge >= 0.3 is 0 Å². The standard InChI is InChI=1S/C18H21N5O3S/c1-13-5-4-6-14(11-13)19-18(24)9-10-23-17-8-7-15(12-16(17)20-21-23)27(25,26)22(2)3/h4-8,11-12H,9-10H2,1-3H3,(H,19,24). The van der Waals surface area contributed by atoms with Crippen LogP contribution in [0.3, 0.4) is 0 Å². The van der Waals surface area contributed by atoms with Crippen LogP contribution >= 0.6 is 0 Å². The maximum absolute atomic E-state index is 12.2. The van der Waals surface area contributed by atoms with Gasteiger partial charge < -0.3 is 5.32 Å². The van der Waals surface area contributed by atoms with E-state index in [9.17, 15) is 13.2 Å². The number of nitrogens with zero attached hydrogens (tertiary/aromatic N) is 4. The summed E-state index contributed by atoms with van der Waals surface area (Å²) in [6.45, 7) is 2.30. The third-order valence-electron chi connectivity index (χ3n) is 4.12. The Hall–Kier alpha value is -2.78. The molecule has 1 heterocycles. The van der Waals surface area contributed by atoms with Crippen LogP contribution in [0.5, 0.6) is 0 Å². The predicted octanol–water partition coefficient (Wildman–Crippen LogP) is 2.02. The number of sulfonamides is 1. The summed E-state index contributed by atoms with van der Waals surface area (Å²) in [4.78, 5) is 12.3. The zero-order valence-electron chi connectivity index (χ0n) is 15.4.